The molecule has 0 amide bonds. The number of anilines is 1. The lowest BCUT2D eigenvalue weighted by atomic mass is 9.85. The van der Waals surface area contributed by atoms with E-state index in [1.165, 1.54) is 11.1 Å². The van der Waals surface area contributed by atoms with E-state index in [1.54, 1.807) is 7.11 Å². The highest BCUT2D eigenvalue weighted by Gasteiger charge is 2.21. The molecule has 0 bridgehead atoms. The molecule has 18 heavy (non-hydrogen) atoms. The third kappa shape index (κ3) is 2.35. The molecule has 3 nitrogen and oxygen atoms in total. The van der Waals surface area contributed by atoms with E-state index in [2.05, 4.69) is 44.9 Å². The molecule has 1 aliphatic rings. The Labute approximate surface area is 109 Å². The maximum absolute atomic E-state index is 5.54. The zero-order valence-corrected chi connectivity index (χ0v) is 11.9. The Kier molecular flexibility index (Phi) is 3.33. The lowest BCUT2D eigenvalue weighted by Gasteiger charge is -2.25. The highest BCUT2D eigenvalue weighted by atomic mass is 16.5. The van der Waals surface area contributed by atoms with E-state index < -0.39 is 0 Å². The molecule has 1 aromatic rings. The first-order valence-corrected chi connectivity index (χ1v) is 6.42. The van der Waals surface area contributed by atoms with Crippen molar-refractivity contribution in [3.63, 3.8) is 0 Å². The summed E-state index contributed by atoms with van der Waals surface area (Å²) in [5.41, 5.74) is 3.70. The topological polar surface area (TPSA) is 24.8 Å². The fourth-order valence-corrected chi connectivity index (χ4v) is 2.22. The second-order valence-corrected chi connectivity index (χ2v) is 5.81. The van der Waals surface area contributed by atoms with Crippen molar-refractivity contribution in [3.05, 3.63) is 23.3 Å². The van der Waals surface area contributed by atoms with Crippen molar-refractivity contribution in [2.24, 2.45) is 5.10 Å². The van der Waals surface area contributed by atoms with Gasteiger partial charge in [0, 0.05) is 19.2 Å². The lowest BCUT2D eigenvalue weighted by Crippen LogP contribution is -2.17. The van der Waals surface area contributed by atoms with Crippen molar-refractivity contribution < 1.29 is 4.74 Å². The van der Waals surface area contributed by atoms with Gasteiger partial charge in [0.05, 0.1) is 7.11 Å². The van der Waals surface area contributed by atoms with Crippen LogP contribution in [0, 0.1) is 6.92 Å². The zero-order chi connectivity index (χ0) is 13.3. The minimum Gasteiger partial charge on any atom is -0.494 e. The molecule has 3 heteroatoms. The van der Waals surface area contributed by atoms with Crippen LogP contribution in [0.4, 0.5) is 5.69 Å². The molecule has 0 aliphatic carbocycles. The third-order valence-corrected chi connectivity index (χ3v) is 3.29. The Hall–Kier alpha value is -1.51. The molecule has 2 rings (SSSR count). The molecule has 0 saturated heterocycles. The number of ether oxygens (including phenoxy) is 1. The fraction of sp³-hybridized carbons (Fsp3) is 0.533. The maximum Gasteiger partial charge on any atom is 0.147 e. The Morgan fingerprint density at radius 3 is 2.50 bits per heavy atom. The van der Waals surface area contributed by atoms with Crippen molar-refractivity contribution in [2.45, 2.75) is 39.5 Å². The standard InChI is InChI=1S/C15H22N2O/c1-11-9-12(15(2,3)4)10-13(14(11)18-5)17-8-6-7-16-17/h7,9-10H,6,8H2,1-5H3. The first-order chi connectivity index (χ1) is 8.43. The Balaban J connectivity index is 2.54. The number of hydrogen-bond donors (Lipinski definition) is 0. The average molecular weight is 246 g/mol. The van der Waals surface area contributed by atoms with Gasteiger partial charge in [-0.15, -0.1) is 0 Å². The van der Waals surface area contributed by atoms with Crippen molar-refractivity contribution in [2.75, 3.05) is 18.7 Å². The molecule has 0 fully saturated rings. The second-order valence-electron chi connectivity index (χ2n) is 5.81. The number of benzene rings is 1. The fourth-order valence-electron chi connectivity index (χ4n) is 2.22. The average Bonchev–Trinajstić information content (AvgIpc) is 2.79. The summed E-state index contributed by atoms with van der Waals surface area (Å²) in [5.74, 6) is 0.932. The summed E-state index contributed by atoms with van der Waals surface area (Å²) in [7, 11) is 1.72. The summed E-state index contributed by atoms with van der Waals surface area (Å²) >= 11 is 0. The Morgan fingerprint density at radius 1 is 1.28 bits per heavy atom. The summed E-state index contributed by atoms with van der Waals surface area (Å²) in [6.45, 7) is 9.71. The van der Waals surface area contributed by atoms with Crippen LogP contribution in [0.5, 0.6) is 5.75 Å². The Morgan fingerprint density at radius 2 is 2.00 bits per heavy atom. The molecular weight excluding hydrogens is 224 g/mol. The van der Waals surface area contributed by atoms with Gasteiger partial charge in [-0.25, -0.2) is 0 Å². The van der Waals surface area contributed by atoms with E-state index >= 15 is 0 Å². The van der Waals surface area contributed by atoms with Crippen LogP contribution < -0.4 is 9.75 Å². The van der Waals surface area contributed by atoms with Crippen LogP contribution in [0.3, 0.4) is 0 Å². The first kappa shape index (κ1) is 12.9. The van der Waals surface area contributed by atoms with Gasteiger partial charge in [-0.2, -0.15) is 5.10 Å². The molecule has 1 aromatic carbocycles. The Bertz CT molecular complexity index is 472. The molecule has 0 atom stereocenters. The van der Waals surface area contributed by atoms with Gasteiger partial charge >= 0.3 is 0 Å². The van der Waals surface area contributed by atoms with Crippen LogP contribution in [0.25, 0.3) is 0 Å². The van der Waals surface area contributed by atoms with Gasteiger partial charge in [-0.1, -0.05) is 26.8 Å². The molecule has 0 spiro atoms. The molecule has 0 saturated carbocycles. The molecular formula is C15H22N2O. The van der Waals surface area contributed by atoms with Gasteiger partial charge in [0.15, 0.2) is 0 Å². The summed E-state index contributed by atoms with van der Waals surface area (Å²) in [4.78, 5) is 0. The molecule has 1 heterocycles. The van der Waals surface area contributed by atoms with Crippen LogP contribution in [0.1, 0.15) is 38.3 Å². The number of methoxy groups -OCH3 is 1. The minimum atomic E-state index is 0.134. The number of hydrazone groups is 1. The third-order valence-electron chi connectivity index (χ3n) is 3.29. The number of nitrogens with zero attached hydrogens (tertiary/aromatic N) is 2. The maximum atomic E-state index is 5.54. The molecule has 98 valence electrons. The highest BCUT2D eigenvalue weighted by molar-refractivity contribution is 5.70. The summed E-state index contributed by atoms with van der Waals surface area (Å²) in [5, 5.41) is 6.44. The van der Waals surface area contributed by atoms with E-state index in [9.17, 15) is 0 Å². The normalized spacial score (nSPS) is 15.3. The minimum absolute atomic E-state index is 0.134. The van der Waals surface area contributed by atoms with Gasteiger partial charge in [0.1, 0.15) is 11.4 Å². The van der Waals surface area contributed by atoms with Crippen molar-refractivity contribution >= 4 is 11.9 Å². The van der Waals surface area contributed by atoms with Gasteiger partial charge in [0.25, 0.3) is 0 Å². The van der Waals surface area contributed by atoms with Crippen molar-refractivity contribution in [1.29, 1.82) is 0 Å². The number of aryl methyl sites for hydroxylation is 1. The van der Waals surface area contributed by atoms with Gasteiger partial charge in [0.2, 0.25) is 0 Å². The second kappa shape index (κ2) is 4.63. The van der Waals surface area contributed by atoms with Crippen molar-refractivity contribution in [1.82, 2.24) is 0 Å². The summed E-state index contributed by atoms with van der Waals surface area (Å²) < 4.78 is 5.54. The largest absolute Gasteiger partial charge is 0.494 e. The van der Waals surface area contributed by atoms with Crippen LogP contribution >= 0.6 is 0 Å². The SMILES string of the molecule is COc1c(C)cc(C(C)(C)C)cc1N1CCC=N1. The molecule has 1 aliphatic heterocycles. The van der Waals surface area contributed by atoms with Gasteiger partial charge in [-0.05, 0) is 29.5 Å². The predicted molar refractivity (Wildman–Crippen MR) is 76.9 cm³/mol. The highest BCUT2D eigenvalue weighted by Crippen LogP contribution is 2.37. The van der Waals surface area contributed by atoms with Gasteiger partial charge in [-0.3, -0.25) is 5.01 Å². The van der Waals surface area contributed by atoms with Gasteiger partial charge < -0.3 is 4.74 Å². The molecule has 0 N–H and O–H groups in total. The summed E-state index contributed by atoms with van der Waals surface area (Å²) in [6, 6.07) is 4.41. The van der Waals surface area contributed by atoms with Crippen LogP contribution in [0.15, 0.2) is 17.2 Å². The predicted octanol–water partition coefficient (Wildman–Crippen LogP) is 3.50. The molecule has 0 aromatic heterocycles. The van der Waals surface area contributed by atoms with E-state index in [-0.39, 0.29) is 5.41 Å². The van der Waals surface area contributed by atoms with E-state index in [0.717, 1.165) is 24.4 Å². The smallest absolute Gasteiger partial charge is 0.147 e. The van der Waals surface area contributed by atoms with E-state index in [1.807, 2.05) is 11.2 Å². The summed E-state index contributed by atoms with van der Waals surface area (Å²) in [6.07, 6.45) is 2.96. The quantitative estimate of drug-likeness (QED) is 0.798. The number of rotatable bonds is 2. The van der Waals surface area contributed by atoms with Crippen LogP contribution in [-0.2, 0) is 5.41 Å². The van der Waals surface area contributed by atoms with E-state index in [0.29, 0.717) is 0 Å². The van der Waals surface area contributed by atoms with Crippen LogP contribution in [-0.4, -0.2) is 19.9 Å². The first-order valence-electron chi connectivity index (χ1n) is 6.42. The lowest BCUT2D eigenvalue weighted by molar-refractivity contribution is 0.411. The molecule has 0 radical (unpaired) electrons. The van der Waals surface area contributed by atoms with Crippen LogP contribution in [0.2, 0.25) is 0 Å². The number of hydrogen-bond acceptors (Lipinski definition) is 3. The van der Waals surface area contributed by atoms with Crippen molar-refractivity contribution in [3.8, 4) is 5.75 Å². The zero-order valence-electron chi connectivity index (χ0n) is 11.9. The van der Waals surface area contributed by atoms with E-state index in [4.69, 9.17) is 4.74 Å². The molecule has 0 unspecified atom stereocenters. The monoisotopic (exact) mass is 246 g/mol.